The minimum Gasteiger partial charge on any atom is -0.507 e. The summed E-state index contributed by atoms with van der Waals surface area (Å²) >= 11 is 0. The van der Waals surface area contributed by atoms with Crippen LogP contribution in [-0.4, -0.2) is 43.0 Å². The molecule has 5 nitrogen and oxygen atoms in total. The van der Waals surface area contributed by atoms with Crippen molar-refractivity contribution in [2.45, 2.75) is 6.54 Å². The second kappa shape index (κ2) is 4.43. The Hall–Kier alpha value is -1.46. The van der Waals surface area contributed by atoms with Crippen molar-refractivity contribution in [3.8, 4) is 17.2 Å². The van der Waals surface area contributed by atoms with Crippen molar-refractivity contribution in [3.05, 3.63) is 17.7 Å². The molecule has 2 N–H and O–H groups in total. The second-order valence-corrected chi connectivity index (χ2v) is 4.36. The molecule has 0 aliphatic carbocycles. The average molecular weight is 236 g/mol. The lowest BCUT2D eigenvalue weighted by Crippen LogP contribution is -2.42. The lowest BCUT2D eigenvalue weighted by molar-refractivity contribution is 0.173. The summed E-state index contributed by atoms with van der Waals surface area (Å²) in [6.07, 6.45) is 0. The van der Waals surface area contributed by atoms with Gasteiger partial charge in [0.1, 0.15) is 5.75 Å². The molecule has 5 heteroatoms. The predicted molar refractivity (Wildman–Crippen MR) is 62.4 cm³/mol. The molecule has 2 aliphatic rings. The smallest absolute Gasteiger partial charge is 0.231 e. The molecule has 0 aromatic heterocycles. The topological polar surface area (TPSA) is 54.0 Å². The van der Waals surface area contributed by atoms with E-state index in [1.807, 2.05) is 6.07 Å². The zero-order valence-electron chi connectivity index (χ0n) is 9.61. The summed E-state index contributed by atoms with van der Waals surface area (Å²) in [5.41, 5.74) is 0.899. The molecule has 0 radical (unpaired) electrons. The standard InChI is InChI=1S/C12H16N2O3/c15-10-6-12-11(16-8-17-12)5-9(10)7-14-3-1-13-2-4-14/h5-6,13,15H,1-4,7-8H2. The van der Waals surface area contributed by atoms with Crippen molar-refractivity contribution in [1.82, 2.24) is 10.2 Å². The number of nitrogens with one attached hydrogen (secondary N) is 1. The molecule has 2 heterocycles. The van der Waals surface area contributed by atoms with E-state index in [1.54, 1.807) is 6.07 Å². The fourth-order valence-electron chi connectivity index (χ4n) is 2.21. The van der Waals surface area contributed by atoms with Crippen molar-refractivity contribution < 1.29 is 14.6 Å². The second-order valence-electron chi connectivity index (χ2n) is 4.36. The Balaban J connectivity index is 1.78. The number of fused-ring (bicyclic) bond motifs is 1. The summed E-state index contributed by atoms with van der Waals surface area (Å²) < 4.78 is 10.5. The summed E-state index contributed by atoms with van der Waals surface area (Å²) in [7, 11) is 0. The van der Waals surface area contributed by atoms with Gasteiger partial charge >= 0.3 is 0 Å². The maximum atomic E-state index is 9.93. The highest BCUT2D eigenvalue weighted by Crippen LogP contribution is 2.37. The van der Waals surface area contributed by atoms with Crippen LogP contribution in [0.2, 0.25) is 0 Å². The van der Waals surface area contributed by atoms with Crippen LogP contribution in [0.3, 0.4) is 0 Å². The van der Waals surface area contributed by atoms with Gasteiger partial charge in [0.05, 0.1) is 0 Å². The molecule has 1 saturated heterocycles. The number of nitrogens with zero attached hydrogens (tertiary/aromatic N) is 1. The Labute approximate surface area is 99.9 Å². The number of piperazine rings is 1. The van der Waals surface area contributed by atoms with Gasteiger partial charge in [-0.05, 0) is 6.07 Å². The molecular weight excluding hydrogens is 220 g/mol. The van der Waals surface area contributed by atoms with Crippen LogP contribution < -0.4 is 14.8 Å². The number of benzene rings is 1. The Morgan fingerprint density at radius 2 is 1.88 bits per heavy atom. The number of hydrogen-bond acceptors (Lipinski definition) is 5. The van der Waals surface area contributed by atoms with Gasteiger partial charge in [0.15, 0.2) is 11.5 Å². The first-order chi connectivity index (χ1) is 8.33. The molecule has 17 heavy (non-hydrogen) atoms. The summed E-state index contributed by atoms with van der Waals surface area (Å²) in [6, 6.07) is 3.51. The van der Waals surface area contributed by atoms with Crippen molar-refractivity contribution in [2.75, 3.05) is 33.0 Å². The number of ether oxygens (including phenoxy) is 2. The van der Waals surface area contributed by atoms with Gasteiger partial charge in [0.2, 0.25) is 6.79 Å². The van der Waals surface area contributed by atoms with Crippen LogP contribution >= 0.6 is 0 Å². The molecule has 1 fully saturated rings. The highest BCUT2D eigenvalue weighted by atomic mass is 16.7. The summed E-state index contributed by atoms with van der Waals surface area (Å²) in [4.78, 5) is 2.31. The van der Waals surface area contributed by atoms with Crippen LogP contribution in [0.15, 0.2) is 12.1 Å². The number of rotatable bonds is 2. The quantitative estimate of drug-likeness (QED) is 0.784. The van der Waals surface area contributed by atoms with Crippen LogP contribution in [-0.2, 0) is 6.54 Å². The van der Waals surface area contributed by atoms with Crippen LogP contribution in [0.5, 0.6) is 17.2 Å². The summed E-state index contributed by atoms with van der Waals surface area (Å²) in [5.74, 6) is 1.65. The third kappa shape index (κ3) is 2.16. The minimum atomic E-state index is 0.242. The number of hydrogen-bond donors (Lipinski definition) is 2. The lowest BCUT2D eigenvalue weighted by atomic mass is 10.1. The molecular formula is C12H16N2O3. The number of phenols is 1. The maximum Gasteiger partial charge on any atom is 0.231 e. The number of phenolic OH excluding ortho intramolecular Hbond substituents is 1. The fraction of sp³-hybridized carbons (Fsp3) is 0.500. The Kier molecular flexibility index (Phi) is 2.78. The third-order valence-corrected chi connectivity index (χ3v) is 3.18. The van der Waals surface area contributed by atoms with Crippen molar-refractivity contribution >= 4 is 0 Å². The molecule has 3 rings (SSSR count). The van der Waals surface area contributed by atoms with Gasteiger partial charge in [-0.2, -0.15) is 0 Å². The van der Waals surface area contributed by atoms with Gasteiger partial charge in [-0.3, -0.25) is 4.90 Å². The van der Waals surface area contributed by atoms with Crippen molar-refractivity contribution in [3.63, 3.8) is 0 Å². The van der Waals surface area contributed by atoms with Crippen LogP contribution in [0.25, 0.3) is 0 Å². The molecule has 0 atom stereocenters. The van der Waals surface area contributed by atoms with E-state index in [-0.39, 0.29) is 12.5 Å². The van der Waals surface area contributed by atoms with Crippen LogP contribution in [0, 0.1) is 0 Å². The first-order valence-corrected chi connectivity index (χ1v) is 5.87. The Bertz CT molecular complexity index is 416. The van der Waals surface area contributed by atoms with E-state index in [1.165, 1.54) is 0 Å². The van der Waals surface area contributed by atoms with Crippen molar-refractivity contribution in [2.24, 2.45) is 0 Å². The molecule has 0 saturated carbocycles. The van der Waals surface area contributed by atoms with E-state index >= 15 is 0 Å². The first-order valence-electron chi connectivity index (χ1n) is 5.87. The third-order valence-electron chi connectivity index (χ3n) is 3.18. The minimum absolute atomic E-state index is 0.242. The molecule has 1 aromatic rings. The first kappa shape index (κ1) is 10.7. The maximum absolute atomic E-state index is 9.93. The number of aromatic hydroxyl groups is 1. The SMILES string of the molecule is Oc1cc2c(cc1CN1CCNCC1)OCO2. The van der Waals surface area contributed by atoms with Crippen molar-refractivity contribution in [1.29, 1.82) is 0 Å². The summed E-state index contributed by atoms with van der Waals surface area (Å²) in [6.45, 7) is 5.02. The monoisotopic (exact) mass is 236 g/mol. The molecule has 0 bridgehead atoms. The van der Waals surface area contributed by atoms with Crippen LogP contribution in [0.4, 0.5) is 0 Å². The zero-order chi connectivity index (χ0) is 11.7. The Morgan fingerprint density at radius 3 is 2.65 bits per heavy atom. The van der Waals surface area contributed by atoms with E-state index in [4.69, 9.17) is 9.47 Å². The molecule has 0 amide bonds. The van der Waals surface area contributed by atoms with E-state index in [0.29, 0.717) is 5.75 Å². The van der Waals surface area contributed by atoms with E-state index < -0.39 is 0 Å². The lowest BCUT2D eigenvalue weighted by Gasteiger charge is -2.27. The summed E-state index contributed by atoms with van der Waals surface area (Å²) in [5, 5.41) is 13.2. The van der Waals surface area contributed by atoms with Crippen LogP contribution in [0.1, 0.15) is 5.56 Å². The highest BCUT2D eigenvalue weighted by molar-refractivity contribution is 5.51. The normalized spacial score (nSPS) is 19.5. The van der Waals surface area contributed by atoms with Gasteiger partial charge < -0.3 is 19.9 Å². The average Bonchev–Trinajstić information content (AvgIpc) is 2.78. The molecule has 1 aromatic carbocycles. The fourth-order valence-corrected chi connectivity index (χ4v) is 2.21. The van der Waals surface area contributed by atoms with E-state index in [2.05, 4.69) is 10.2 Å². The molecule has 0 unspecified atom stereocenters. The van der Waals surface area contributed by atoms with Gasteiger partial charge in [-0.1, -0.05) is 0 Å². The molecule has 0 spiro atoms. The van der Waals surface area contributed by atoms with E-state index in [0.717, 1.165) is 44.0 Å². The molecule has 2 aliphatic heterocycles. The molecule has 92 valence electrons. The van der Waals surface area contributed by atoms with Gasteiger partial charge in [0, 0.05) is 44.4 Å². The zero-order valence-corrected chi connectivity index (χ0v) is 9.61. The van der Waals surface area contributed by atoms with Gasteiger partial charge in [0.25, 0.3) is 0 Å². The highest BCUT2D eigenvalue weighted by Gasteiger charge is 2.19. The predicted octanol–water partition coefficient (Wildman–Crippen LogP) is 0.526. The Morgan fingerprint density at radius 1 is 1.18 bits per heavy atom. The van der Waals surface area contributed by atoms with Gasteiger partial charge in [-0.25, -0.2) is 0 Å². The largest absolute Gasteiger partial charge is 0.507 e. The van der Waals surface area contributed by atoms with E-state index in [9.17, 15) is 5.11 Å². The van der Waals surface area contributed by atoms with Gasteiger partial charge in [-0.15, -0.1) is 0 Å².